The highest BCUT2D eigenvalue weighted by Gasteiger charge is 2.16. The highest BCUT2D eigenvalue weighted by molar-refractivity contribution is 7.89. The Morgan fingerprint density at radius 1 is 1.03 bits per heavy atom. The number of nitrogens with one attached hydrogen (secondary N) is 2. The minimum Gasteiger partial charge on any atom is -0.444 e. The van der Waals surface area contributed by atoms with Crippen LogP contribution in [0.3, 0.4) is 0 Å². The number of aryl methyl sites for hydroxylation is 1. The van der Waals surface area contributed by atoms with Crippen molar-refractivity contribution >= 4 is 21.8 Å². The first-order valence-corrected chi connectivity index (χ1v) is 13.6. The lowest BCUT2D eigenvalue weighted by Crippen LogP contribution is -2.33. The molecular formula is C29H32N4O4S. The van der Waals surface area contributed by atoms with Gasteiger partial charge in [0, 0.05) is 12.1 Å². The number of rotatable bonds is 8. The molecule has 0 saturated carbocycles. The van der Waals surface area contributed by atoms with Crippen molar-refractivity contribution in [3.8, 4) is 17.2 Å². The molecule has 9 heteroatoms. The van der Waals surface area contributed by atoms with Crippen LogP contribution in [-0.4, -0.2) is 32.4 Å². The van der Waals surface area contributed by atoms with Crippen molar-refractivity contribution in [1.82, 2.24) is 10.1 Å². The predicted octanol–water partition coefficient (Wildman–Crippen LogP) is 5.30. The van der Waals surface area contributed by atoms with Crippen LogP contribution in [0.25, 0.3) is 11.1 Å². The van der Waals surface area contributed by atoms with Gasteiger partial charge in [-0.3, -0.25) is 0 Å². The van der Waals surface area contributed by atoms with Gasteiger partial charge in [0.15, 0.2) is 0 Å². The molecule has 8 nitrogen and oxygen atoms in total. The molecule has 38 heavy (non-hydrogen) atoms. The Bertz CT molecular complexity index is 1460. The zero-order valence-electron chi connectivity index (χ0n) is 22.2. The number of sulfonamides is 1. The van der Waals surface area contributed by atoms with Gasteiger partial charge in [0.25, 0.3) is 10.0 Å². The van der Waals surface area contributed by atoms with Crippen LogP contribution in [0, 0.1) is 18.3 Å². The van der Waals surface area contributed by atoms with Crippen molar-refractivity contribution in [2.75, 3.05) is 6.54 Å². The second-order valence-corrected chi connectivity index (χ2v) is 11.5. The highest BCUT2D eigenvalue weighted by Crippen LogP contribution is 2.26. The van der Waals surface area contributed by atoms with E-state index in [9.17, 15) is 18.5 Å². The number of hydrogen-bond acceptors (Lipinski definition) is 6. The van der Waals surface area contributed by atoms with Crippen LogP contribution in [0.15, 0.2) is 76.7 Å². The Morgan fingerprint density at radius 3 is 2.29 bits per heavy atom. The Labute approximate surface area is 224 Å². The maximum absolute atomic E-state index is 12.7. The van der Waals surface area contributed by atoms with E-state index in [-0.39, 0.29) is 4.90 Å². The standard InChI is InChI=1S/C29H32N4O4S/c1-20-6-13-25(14-7-20)38(35,36)33-32-21(2)27-18-23(19-30)10-15-26(27)24-11-8-22(9-12-24)16-17-31-28(34)37-29(3,4)5/h6-15,18,33H,16-17H2,1-5H3,(H,31,34). The third-order valence-electron chi connectivity index (χ3n) is 5.55. The van der Waals surface area contributed by atoms with Crippen LogP contribution in [-0.2, 0) is 21.2 Å². The normalized spacial score (nSPS) is 11.9. The average Bonchev–Trinajstić information content (AvgIpc) is 2.86. The smallest absolute Gasteiger partial charge is 0.407 e. The Balaban J connectivity index is 1.78. The summed E-state index contributed by atoms with van der Waals surface area (Å²) in [5, 5.41) is 16.3. The first-order valence-electron chi connectivity index (χ1n) is 12.1. The van der Waals surface area contributed by atoms with Crippen molar-refractivity contribution in [1.29, 1.82) is 5.26 Å². The number of carbonyl (C=O) groups excluding carboxylic acids is 1. The largest absolute Gasteiger partial charge is 0.444 e. The summed E-state index contributed by atoms with van der Waals surface area (Å²) in [5.41, 5.74) is 4.59. The van der Waals surface area contributed by atoms with E-state index in [1.165, 1.54) is 12.1 Å². The fraction of sp³-hybridized carbons (Fsp3) is 0.276. The van der Waals surface area contributed by atoms with Crippen molar-refractivity contribution < 1.29 is 17.9 Å². The zero-order valence-corrected chi connectivity index (χ0v) is 23.0. The lowest BCUT2D eigenvalue weighted by atomic mass is 9.94. The molecule has 2 N–H and O–H groups in total. The quantitative estimate of drug-likeness (QED) is 0.301. The lowest BCUT2D eigenvalue weighted by molar-refractivity contribution is 0.0528. The number of ether oxygens (including phenoxy) is 1. The molecule has 0 aliphatic carbocycles. The molecule has 0 heterocycles. The number of benzene rings is 3. The van der Waals surface area contributed by atoms with E-state index in [2.05, 4.69) is 21.3 Å². The minimum atomic E-state index is -3.85. The summed E-state index contributed by atoms with van der Waals surface area (Å²) in [6.45, 7) is 9.44. The second kappa shape index (κ2) is 11.9. The molecule has 3 aromatic rings. The van der Waals surface area contributed by atoms with Crippen LogP contribution >= 0.6 is 0 Å². The van der Waals surface area contributed by atoms with Crippen molar-refractivity contribution in [2.45, 2.75) is 51.5 Å². The third kappa shape index (κ3) is 7.92. The van der Waals surface area contributed by atoms with Crippen molar-refractivity contribution in [3.63, 3.8) is 0 Å². The van der Waals surface area contributed by atoms with E-state index in [1.54, 1.807) is 31.2 Å². The van der Waals surface area contributed by atoms with Gasteiger partial charge in [-0.25, -0.2) is 4.79 Å². The highest BCUT2D eigenvalue weighted by atomic mass is 32.2. The van der Waals surface area contributed by atoms with Gasteiger partial charge >= 0.3 is 6.09 Å². The molecule has 1 amide bonds. The predicted molar refractivity (Wildman–Crippen MR) is 148 cm³/mol. The number of nitriles is 1. The lowest BCUT2D eigenvalue weighted by Gasteiger charge is -2.19. The number of hydrazone groups is 1. The van der Waals surface area contributed by atoms with E-state index >= 15 is 0 Å². The van der Waals surface area contributed by atoms with Gasteiger partial charge in [0.2, 0.25) is 0 Å². The molecule has 0 saturated heterocycles. The molecule has 0 aliphatic rings. The summed E-state index contributed by atoms with van der Waals surface area (Å²) in [6, 6.07) is 21.6. The first kappa shape index (κ1) is 28.4. The number of alkyl carbamates (subject to hydrolysis) is 1. The van der Waals surface area contributed by atoms with Gasteiger partial charge in [-0.05, 0) is 82.0 Å². The molecule has 3 rings (SSSR count). The molecule has 0 aliphatic heterocycles. The van der Waals surface area contributed by atoms with E-state index in [4.69, 9.17) is 4.74 Å². The fourth-order valence-corrected chi connectivity index (χ4v) is 4.45. The molecule has 0 radical (unpaired) electrons. The Morgan fingerprint density at radius 2 is 1.68 bits per heavy atom. The van der Waals surface area contributed by atoms with Crippen LogP contribution in [0.2, 0.25) is 0 Å². The first-order chi connectivity index (χ1) is 17.9. The number of amides is 1. The average molecular weight is 533 g/mol. The fourth-order valence-electron chi connectivity index (χ4n) is 3.60. The molecule has 0 atom stereocenters. The molecule has 0 spiro atoms. The SMILES string of the molecule is CC(=NNS(=O)(=O)c1ccc(C)cc1)c1cc(C#N)ccc1-c1ccc(CCNC(=O)OC(C)(C)C)cc1. The molecular weight excluding hydrogens is 500 g/mol. The number of carbonyl (C=O) groups is 1. The maximum Gasteiger partial charge on any atom is 0.407 e. The zero-order chi connectivity index (χ0) is 27.9. The van der Waals surface area contributed by atoms with Crippen LogP contribution < -0.4 is 10.1 Å². The van der Waals surface area contributed by atoms with E-state index in [1.807, 2.05) is 58.0 Å². The van der Waals surface area contributed by atoms with E-state index < -0.39 is 21.7 Å². The van der Waals surface area contributed by atoms with Crippen LogP contribution in [0.5, 0.6) is 0 Å². The molecule has 3 aromatic carbocycles. The van der Waals surface area contributed by atoms with Gasteiger partial charge < -0.3 is 10.1 Å². The maximum atomic E-state index is 12.7. The topological polar surface area (TPSA) is 121 Å². The molecule has 0 bridgehead atoms. The summed E-state index contributed by atoms with van der Waals surface area (Å²) in [4.78, 5) is 14.3. The van der Waals surface area contributed by atoms with Crippen molar-refractivity contribution in [3.05, 3.63) is 89.0 Å². The second-order valence-electron chi connectivity index (χ2n) is 9.85. The van der Waals surface area contributed by atoms with Gasteiger partial charge in [-0.15, -0.1) is 0 Å². The molecule has 0 fully saturated rings. The van der Waals surface area contributed by atoms with Crippen LogP contribution in [0.4, 0.5) is 4.79 Å². The Hall–Kier alpha value is -4.16. The third-order valence-corrected chi connectivity index (χ3v) is 6.77. The van der Waals surface area contributed by atoms with Gasteiger partial charge in [-0.2, -0.15) is 23.6 Å². The summed E-state index contributed by atoms with van der Waals surface area (Å²) >= 11 is 0. The summed E-state index contributed by atoms with van der Waals surface area (Å²) in [7, 11) is -3.85. The van der Waals surface area contributed by atoms with Crippen molar-refractivity contribution in [2.24, 2.45) is 5.10 Å². The summed E-state index contributed by atoms with van der Waals surface area (Å²) in [6.07, 6.45) is 0.171. The van der Waals surface area contributed by atoms with E-state index in [0.29, 0.717) is 29.8 Å². The molecule has 0 unspecified atom stereocenters. The minimum absolute atomic E-state index is 0.113. The molecule has 0 aromatic heterocycles. The molecule has 198 valence electrons. The Kier molecular flexibility index (Phi) is 8.92. The van der Waals surface area contributed by atoms with Gasteiger partial charge in [0.05, 0.1) is 22.2 Å². The van der Waals surface area contributed by atoms with Gasteiger partial charge in [0.1, 0.15) is 5.60 Å². The monoisotopic (exact) mass is 532 g/mol. The summed E-state index contributed by atoms with van der Waals surface area (Å²) in [5.74, 6) is 0. The van der Waals surface area contributed by atoms with Crippen LogP contribution in [0.1, 0.15) is 49.9 Å². The number of hydrogen-bond donors (Lipinski definition) is 2. The van der Waals surface area contributed by atoms with Gasteiger partial charge in [-0.1, -0.05) is 48.0 Å². The summed E-state index contributed by atoms with van der Waals surface area (Å²) < 4.78 is 30.6. The van der Waals surface area contributed by atoms with E-state index in [0.717, 1.165) is 22.3 Å². The number of nitrogens with zero attached hydrogens (tertiary/aromatic N) is 2.